The van der Waals surface area contributed by atoms with Crippen molar-refractivity contribution in [1.29, 1.82) is 0 Å². The van der Waals surface area contributed by atoms with Crippen LogP contribution in [-0.4, -0.2) is 64.4 Å². The van der Waals surface area contributed by atoms with Gasteiger partial charge in [0.15, 0.2) is 0 Å². The predicted octanol–water partition coefficient (Wildman–Crippen LogP) is 0.327. The van der Waals surface area contributed by atoms with Crippen LogP contribution in [-0.2, 0) is 19.2 Å². The third kappa shape index (κ3) is 6.42. The smallest absolute Gasteiger partial charge is 0.326 e. The van der Waals surface area contributed by atoms with Crippen molar-refractivity contribution in [2.24, 2.45) is 23.5 Å². The number of amides is 3. The van der Waals surface area contributed by atoms with Crippen molar-refractivity contribution in [3.63, 3.8) is 0 Å². The number of carboxylic acids is 1. The minimum absolute atomic E-state index is 0.0767. The number of hydrogen-bond acceptors (Lipinski definition) is 5. The lowest BCUT2D eigenvalue weighted by molar-refractivity contribution is -0.146. The Bertz CT molecular complexity index is 620. The number of nitrogens with one attached hydrogen (secondary N) is 2. The van der Waals surface area contributed by atoms with E-state index >= 15 is 0 Å². The fraction of sp³-hybridized carbons (Fsp3) is 0.800. The molecule has 0 saturated carbocycles. The summed E-state index contributed by atoms with van der Waals surface area (Å²) < 4.78 is 0. The first kappa shape index (κ1) is 24.9. The average Bonchev–Trinajstić information content (AvgIpc) is 3.11. The number of likely N-dealkylation sites (tertiary alicyclic amines) is 1. The first-order chi connectivity index (χ1) is 13.4. The van der Waals surface area contributed by atoms with Crippen LogP contribution in [0.3, 0.4) is 0 Å². The molecule has 0 spiro atoms. The van der Waals surface area contributed by atoms with Crippen molar-refractivity contribution >= 4 is 23.7 Å². The van der Waals surface area contributed by atoms with Gasteiger partial charge in [-0.1, -0.05) is 41.5 Å². The second-order valence-corrected chi connectivity index (χ2v) is 8.76. The molecule has 0 aromatic rings. The zero-order valence-electron chi connectivity index (χ0n) is 18.3. The molecule has 0 bridgehead atoms. The molecular formula is C20H36N4O5. The zero-order chi connectivity index (χ0) is 22.5. The highest BCUT2D eigenvalue weighted by molar-refractivity contribution is 5.94. The van der Waals surface area contributed by atoms with Crippen LogP contribution in [0.25, 0.3) is 0 Å². The molecule has 1 saturated heterocycles. The van der Waals surface area contributed by atoms with Crippen LogP contribution in [0.15, 0.2) is 0 Å². The molecule has 5 N–H and O–H groups in total. The molecule has 1 heterocycles. The van der Waals surface area contributed by atoms with E-state index in [-0.39, 0.29) is 23.7 Å². The first-order valence-electron chi connectivity index (χ1n) is 10.3. The summed E-state index contributed by atoms with van der Waals surface area (Å²) in [6.45, 7) is 11.1. The number of nitrogens with two attached hydrogens (primary N) is 1. The lowest BCUT2D eigenvalue weighted by Gasteiger charge is -2.32. The number of hydrogen-bond donors (Lipinski definition) is 4. The number of carbonyl (C=O) groups excluding carboxylic acids is 3. The second kappa shape index (κ2) is 10.6. The molecule has 1 aliphatic rings. The van der Waals surface area contributed by atoms with E-state index in [1.165, 1.54) is 4.90 Å². The zero-order valence-corrected chi connectivity index (χ0v) is 18.3. The van der Waals surface area contributed by atoms with Gasteiger partial charge in [0.2, 0.25) is 17.7 Å². The molecule has 4 unspecified atom stereocenters. The molecule has 0 radical (unpaired) electrons. The summed E-state index contributed by atoms with van der Waals surface area (Å²) in [5.41, 5.74) is 5.89. The van der Waals surface area contributed by atoms with Crippen LogP contribution in [0.5, 0.6) is 0 Å². The van der Waals surface area contributed by atoms with Crippen LogP contribution < -0.4 is 16.4 Å². The highest BCUT2D eigenvalue weighted by Crippen LogP contribution is 2.21. The van der Waals surface area contributed by atoms with Gasteiger partial charge in [-0.05, 0) is 30.6 Å². The quantitative estimate of drug-likeness (QED) is 0.430. The van der Waals surface area contributed by atoms with Gasteiger partial charge in [-0.2, -0.15) is 0 Å². The molecule has 1 fully saturated rings. The van der Waals surface area contributed by atoms with Crippen LogP contribution in [0.1, 0.15) is 54.4 Å². The summed E-state index contributed by atoms with van der Waals surface area (Å²) >= 11 is 0. The normalized spacial score (nSPS) is 19.9. The largest absolute Gasteiger partial charge is 0.480 e. The maximum atomic E-state index is 13.2. The Balaban J connectivity index is 2.94. The molecular weight excluding hydrogens is 376 g/mol. The lowest BCUT2D eigenvalue weighted by atomic mass is 9.99. The molecule has 1 aliphatic heterocycles. The maximum absolute atomic E-state index is 13.2. The number of rotatable bonds is 9. The summed E-state index contributed by atoms with van der Waals surface area (Å²) in [6.07, 6.45) is 1.08. The minimum atomic E-state index is -1.11. The van der Waals surface area contributed by atoms with Gasteiger partial charge in [0.05, 0.1) is 6.04 Å². The Morgan fingerprint density at radius 2 is 1.48 bits per heavy atom. The van der Waals surface area contributed by atoms with Gasteiger partial charge in [-0.3, -0.25) is 14.4 Å². The summed E-state index contributed by atoms with van der Waals surface area (Å²) in [7, 11) is 0. The van der Waals surface area contributed by atoms with Gasteiger partial charge in [0.1, 0.15) is 18.1 Å². The Kier molecular flexibility index (Phi) is 9.07. The molecule has 0 aromatic carbocycles. The number of aliphatic carboxylic acids is 1. The van der Waals surface area contributed by atoms with Crippen LogP contribution in [0.2, 0.25) is 0 Å². The maximum Gasteiger partial charge on any atom is 0.326 e. The van der Waals surface area contributed by atoms with E-state index in [9.17, 15) is 24.3 Å². The Morgan fingerprint density at radius 3 is 1.93 bits per heavy atom. The summed E-state index contributed by atoms with van der Waals surface area (Å²) in [6, 6.07) is -3.31. The van der Waals surface area contributed by atoms with Gasteiger partial charge in [0.25, 0.3) is 0 Å². The standard InChI is InChI=1S/C20H36N4O5/c1-10(2)14(21)18(26)22-15(11(3)4)19(27)24-9-7-8-13(24)17(25)23-16(12(5)6)20(28)29/h10-16H,7-9,21H2,1-6H3,(H,22,26)(H,23,25)(H,28,29). The van der Waals surface area contributed by atoms with E-state index < -0.39 is 42.0 Å². The molecule has 0 aliphatic carbocycles. The van der Waals surface area contributed by atoms with E-state index in [2.05, 4.69) is 10.6 Å². The SMILES string of the molecule is CC(C)C(N)C(=O)NC(C(=O)N1CCCC1C(=O)NC(C(=O)O)C(C)C)C(C)C. The monoisotopic (exact) mass is 412 g/mol. The summed E-state index contributed by atoms with van der Waals surface area (Å²) in [4.78, 5) is 51.1. The average molecular weight is 413 g/mol. The van der Waals surface area contributed by atoms with Gasteiger partial charge in [0, 0.05) is 6.54 Å². The van der Waals surface area contributed by atoms with Crippen molar-refractivity contribution < 1.29 is 24.3 Å². The van der Waals surface area contributed by atoms with Crippen molar-refractivity contribution in [1.82, 2.24) is 15.5 Å². The highest BCUT2D eigenvalue weighted by Gasteiger charge is 2.40. The van der Waals surface area contributed by atoms with Gasteiger partial charge >= 0.3 is 5.97 Å². The number of nitrogens with zero attached hydrogens (tertiary/aromatic N) is 1. The molecule has 9 heteroatoms. The van der Waals surface area contributed by atoms with Crippen LogP contribution in [0, 0.1) is 17.8 Å². The molecule has 29 heavy (non-hydrogen) atoms. The van der Waals surface area contributed by atoms with Crippen molar-refractivity contribution in [2.75, 3.05) is 6.54 Å². The third-order valence-electron chi connectivity index (χ3n) is 5.32. The molecule has 9 nitrogen and oxygen atoms in total. The Morgan fingerprint density at radius 1 is 0.931 bits per heavy atom. The predicted molar refractivity (Wildman–Crippen MR) is 109 cm³/mol. The summed E-state index contributed by atoms with van der Waals surface area (Å²) in [5, 5.41) is 14.6. The second-order valence-electron chi connectivity index (χ2n) is 8.76. The number of carboxylic acid groups (broad SMARTS) is 1. The molecule has 3 amide bonds. The van der Waals surface area contributed by atoms with Gasteiger partial charge in [-0.15, -0.1) is 0 Å². The molecule has 4 atom stereocenters. The highest BCUT2D eigenvalue weighted by atomic mass is 16.4. The fourth-order valence-electron chi connectivity index (χ4n) is 3.31. The first-order valence-corrected chi connectivity index (χ1v) is 10.3. The fourth-order valence-corrected chi connectivity index (χ4v) is 3.31. The van der Waals surface area contributed by atoms with E-state index in [1.54, 1.807) is 13.8 Å². The van der Waals surface area contributed by atoms with Crippen LogP contribution in [0.4, 0.5) is 0 Å². The molecule has 166 valence electrons. The Labute approximate surface area is 172 Å². The summed E-state index contributed by atoms with van der Waals surface area (Å²) in [5.74, 6) is -2.91. The molecule has 0 aromatic heterocycles. The van der Waals surface area contributed by atoms with Crippen LogP contribution >= 0.6 is 0 Å². The van der Waals surface area contributed by atoms with Gasteiger partial charge < -0.3 is 26.4 Å². The minimum Gasteiger partial charge on any atom is -0.480 e. The van der Waals surface area contributed by atoms with E-state index in [1.807, 2.05) is 27.7 Å². The third-order valence-corrected chi connectivity index (χ3v) is 5.32. The Hall–Kier alpha value is -2.16. The lowest BCUT2D eigenvalue weighted by Crippen LogP contribution is -2.58. The number of carbonyl (C=O) groups is 4. The topological polar surface area (TPSA) is 142 Å². The van der Waals surface area contributed by atoms with Gasteiger partial charge in [-0.25, -0.2) is 4.79 Å². The van der Waals surface area contributed by atoms with Crippen molar-refractivity contribution in [3.05, 3.63) is 0 Å². The van der Waals surface area contributed by atoms with Crippen molar-refractivity contribution in [2.45, 2.75) is 78.6 Å². The van der Waals surface area contributed by atoms with E-state index in [4.69, 9.17) is 5.73 Å². The molecule has 1 rings (SSSR count). The van der Waals surface area contributed by atoms with E-state index in [0.717, 1.165) is 0 Å². The van der Waals surface area contributed by atoms with E-state index in [0.29, 0.717) is 19.4 Å². The van der Waals surface area contributed by atoms with Crippen molar-refractivity contribution in [3.8, 4) is 0 Å².